The number of amides is 1. The van der Waals surface area contributed by atoms with Crippen LogP contribution in [0.1, 0.15) is 48.9 Å². The van der Waals surface area contributed by atoms with Crippen LogP contribution in [-0.2, 0) is 0 Å². The van der Waals surface area contributed by atoms with E-state index in [1.54, 1.807) is 12.1 Å². The van der Waals surface area contributed by atoms with Crippen molar-refractivity contribution in [3.8, 4) is 12.3 Å². The molecular weight excluding hydrogens is 277 g/mol. The molecule has 2 nitrogen and oxygen atoms in total. The van der Waals surface area contributed by atoms with Crippen LogP contribution in [0.2, 0.25) is 0 Å². The van der Waals surface area contributed by atoms with E-state index >= 15 is 0 Å². The van der Waals surface area contributed by atoms with Gasteiger partial charge < -0.3 is 5.32 Å². The molecule has 4 aliphatic rings. The summed E-state index contributed by atoms with van der Waals surface area (Å²) in [5.74, 6) is 3.76. The Kier molecular flexibility index (Phi) is 2.88. The van der Waals surface area contributed by atoms with Crippen molar-refractivity contribution in [2.75, 3.05) is 0 Å². The first-order chi connectivity index (χ1) is 10.5. The van der Waals surface area contributed by atoms with Gasteiger partial charge in [0.2, 0.25) is 0 Å². The van der Waals surface area contributed by atoms with Crippen LogP contribution in [0, 0.1) is 35.4 Å². The lowest BCUT2D eigenvalue weighted by molar-refractivity contribution is -0.0483. The molecule has 3 heteroatoms. The largest absolute Gasteiger partial charge is 0.347 e. The van der Waals surface area contributed by atoms with Gasteiger partial charge in [0.05, 0.1) is 0 Å². The molecule has 0 heterocycles. The first kappa shape index (κ1) is 13.8. The fraction of sp³-hybridized carbons (Fsp3) is 0.526. The molecule has 22 heavy (non-hydrogen) atoms. The van der Waals surface area contributed by atoms with Crippen LogP contribution >= 0.6 is 0 Å². The molecule has 2 atom stereocenters. The SMILES string of the molecule is C#CC12CC3CC(C1)CC(NC(=O)c1cccc(F)c1)(C3)C2. The predicted molar refractivity (Wildman–Crippen MR) is 82.5 cm³/mol. The second-order valence-corrected chi connectivity index (χ2v) is 7.63. The predicted octanol–water partition coefficient (Wildman–Crippen LogP) is 3.53. The third kappa shape index (κ3) is 2.13. The van der Waals surface area contributed by atoms with Crippen LogP contribution in [0.5, 0.6) is 0 Å². The Morgan fingerprint density at radius 2 is 2.00 bits per heavy atom. The summed E-state index contributed by atoms with van der Waals surface area (Å²) in [4.78, 5) is 12.5. The van der Waals surface area contributed by atoms with Crippen molar-refractivity contribution in [1.82, 2.24) is 5.32 Å². The van der Waals surface area contributed by atoms with E-state index in [1.165, 1.54) is 18.6 Å². The summed E-state index contributed by atoms with van der Waals surface area (Å²) in [5.41, 5.74) is 0.185. The van der Waals surface area contributed by atoms with Crippen molar-refractivity contribution >= 4 is 5.91 Å². The summed E-state index contributed by atoms with van der Waals surface area (Å²) >= 11 is 0. The van der Waals surface area contributed by atoms with Gasteiger partial charge in [-0.3, -0.25) is 4.79 Å². The summed E-state index contributed by atoms with van der Waals surface area (Å²) in [6.07, 6.45) is 12.2. The van der Waals surface area contributed by atoms with Crippen molar-refractivity contribution in [3.05, 3.63) is 35.6 Å². The van der Waals surface area contributed by atoms with Gasteiger partial charge >= 0.3 is 0 Å². The standard InChI is InChI=1S/C19H20FNO/c1-2-18-8-13-6-14(9-18)11-19(10-13,12-18)21-17(22)15-4-3-5-16(20)7-15/h1,3-5,7,13-14H,6,8-12H2,(H,21,22). The molecule has 4 fully saturated rings. The molecule has 4 saturated carbocycles. The van der Waals surface area contributed by atoms with Crippen LogP contribution in [0.4, 0.5) is 4.39 Å². The van der Waals surface area contributed by atoms with Crippen molar-refractivity contribution in [2.45, 2.75) is 44.1 Å². The van der Waals surface area contributed by atoms with E-state index in [-0.39, 0.29) is 22.7 Å². The van der Waals surface area contributed by atoms with Gasteiger partial charge in [-0.05, 0) is 68.6 Å². The molecule has 1 N–H and O–H groups in total. The van der Waals surface area contributed by atoms with Crippen molar-refractivity contribution in [1.29, 1.82) is 0 Å². The summed E-state index contributed by atoms with van der Waals surface area (Å²) in [6.45, 7) is 0. The molecule has 114 valence electrons. The molecule has 1 aromatic rings. The molecule has 1 amide bonds. The van der Waals surface area contributed by atoms with Gasteiger partial charge in [0.15, 0.2) is 0 Å². The van der Waals surface area contributed by atoms with Gasteiger partial charge in [-0.15, -0.1) is 6.42 Å². The smallest absolute Gasteiger partial charge is 0.251 e. The summed E-state index contributed by atoms with van der Waals surface area (Å²) in [6, 6.07) is 5.89. The first-order valence-corrected chi connectivity index (χ1v) is 8.07. The minimum atomic E-state index is -0.377. The first-order valence-electron chi connectivity index (χ1n) is 8.07. The van der Waals surface area contributed by atoms with E-state index in [1.807, 2.05) is 0 Å². The normalized spacial score (nSPS) is 38.5. The highest BCUT2D eigenvalue weighted by atomic mass is 19.1. The number of carbonyl (C=O) groups is 1. The number of terminal acetylenes is 1. The third-order valence-electron chi connectivity index (χ3n) is 5.83. The van der Waals surface area contributed by atoms with E-state index in [2.05, 4.69) is 11.2 Å². The topological polar surface area (TPSA) is 29.1 Å². The van der Waals surface area contributed by atoms with Crippen LogP contribution in [-0.4, -0.2) is 11.4 Å². The maximum Gasteiger partial charge on any atom is 0.251 e. The monoisotopic (exact) mass is 297 g/mol. The van der Waals surface area contributed by atoms with Crippen LogP contribution in [0.3, 0.4) is 0 Å². The van der Waals surface area contributed by atoms with E-state index in [0.29, 0.717) is 17.4 Å². The highest BCUT2D eigenvalue weighted by Crippen LogP contribution is 2.61. The Labute approximate surface area is 130 Å². The molecule has 4 bridgehead atoms. The molecule has 4 aliphatic carbocycles. The van der Waals surface area contributed by atoms with Crippen molar-refractivity contribution in [2.24, 2.45) is 17.3 Å². The molecule has 1 aromatic carbocycles. The number of halogens is 1. The van der Waals surface area contributed by atoms with Gasteiger partial charge in [0.25, 0.3) is 5.91 Å². The van der Waals surface area contributed by atoms with Crippen molar-refractivity contribution in [3.63, 3.8) is 0 Å². The fourth-order valence-electron chi connectivity index (χ4n) is 5.52. The molecule has 0 spiro atoms. The molecule has 0 radical (unpaired) electrons. The number of rotatable bonds is 2. The highest BCUT2D eigenvalue weighted by molar-refractivity contribution is 5.94. The zero-order valence-corrected chi connectivity index (χ0v) is 12.6. The molecule has 0 aromatic heterocycles. The van der Waals surface area contributed by atoms with Crippen LogP contribution in [0.15, 0.2) is 24.3 Å². The number of carbonyl (C=O) groups excluding carboxylic acids is 1. The summed E-state index contributed by atoms with van der Waals surface area (Å²) in [7, 11) is 0. The number of nitrogens with one attached hydrogen (secondary N) is 1. The highest BCUT2D eigenvalue weighted by Gasteiger charge is 2.57. The fourth-order valence-corrected chi connectivity index (χ4v) is 5.52. The van der Waals surface area contributed by atoms with Crippen LogP contribution in [0.25, 0.3) is 0 Å². The Morgan fingerprint density at radius 3 is 2.64 bits per heavy atom. The molecule has 2 unspecified atom stereocenters. The Bertz CT molecular complexity index is 660. The Morgan fingerprint density at radius 1 is 1.27 bits per heavy atom. The van der Waals surface area contributed by atoms with E-state index < -0.39 is 0 Å². The second kappa shape index (κ2) is 4.59. The van der Waals surface area contributed by atoms with Gasteiger partial charge in [-0.25, -0.2) is 4.39 Å². The average molecular weight is 297 g/mol. The Balaban J connectivity index is 1.60. The Hall–Kier alpha value is -1.82. The molecule has 0 aliphatic heterocycles. The van der Waals surface area contributed by atoms with Crippen molar-refractivity contribution < 1.29 is 9.18 Å². The maximum absolute atomic E-state index is 13.3. The zero-order chi connectivity index (χ0) is 15.4. The van der Waals surface area contributed by atoms with E-state index in [9.17, 15) is 9.18 Å². The molecular formula is C19H20FNO. The number of hydrogen-bond donors (Lipinski definition) is 1. The van der Waals surface area contributed by atoms with Gasteiger partial charge in [-0.1, -0.05) is 12.0 Å². The third-order valence-corrected chi connectivity index (χ3v) is 5.83. The minimum absolute atomic E-state index is 0.0285. The summed E-state index contributed by atoms with van der Waals surface area (Å²) < 4.78 is 13.3. The zero-order valence-electron chi connectivity index (χ0n) is 12.6. The maximum atomic E-state index is 13.3. The molecule has 0 saturated heterocycles. The van der Waals surface area contributed by atoms with Gasteiger partial charge in [0, 0.05) is 16.5 Å². The van der Waals surface area contributed by atoms with Crippen LogP contribution < -0.4 is 5.32 Å². The quantitative estimate of drug-likeness (QED) is 0.831. The lowest BCUT2D eigenvalue weighted by Crippen LogP contribution is -2.62. The lowest BCUT2D eigenvalue weighted by atomic mass is 9.47. The van der Waals surface area contributed by atoms with Gasteiger partial charge in [-0.2, -0.15) is 0 Å². The lowest BCUT2D eigenvalue weighted by Gasteiger charge is -2.60. The summed E-state index contributed by atoms with van der Waals surface area (Å²) in [5, 5.41) is 3.23. The number of benzene rings is 1. The second-order valence-electron chi connectivity index (χ2n) is 7.63. The van der Waals surface area contributed by atoms with E-state index in [0.717, 1.165) is 32.1 Å². The average Bonchev–Trinajstić information content (AvgIpc) is 2.45. The van der Waals surface area contributed by atoms with E-state index in [4.69, 9.17) is 6.42 Å². The number of hydrogen-bond acceptors (Lipinski definition) is 1. The minimum Gasteiger partial charge on any atom is -0.347 e. The molecule has 5 rings (SSSR count). The van der Waals surface area contributed by atoms with Gasteiger partial charge in [0.1, 0.15) is 5.82 Å².